The lowest BCUT2D eigenvalue weighted by Crippen LogP contribution is -2.59. The number of amidine groups is 1. The van der Waals surface area contributed by atoms with Gasteiger partial charge in [-0.2, -0.15) is 13.2 Å². The number of alkyl halides is 3. The SMILES string of the molecule is CC#CC(=O)NC(C)/C(N)=C1/C(=Nc2ccccc2)N(CC)C(=O)C(NC(=O)c2cccc(C(F)(F)F)c2)C1c1ccc(F)cc1. The number of hydrogen-bond donors (Lipinski definition) is 3. The van der Waals surface area contributed by atoms with Gasteiger partial charge in [-0.05, 0) is 74.7 Å². The van der Waals surface area contributed by atoms with Gasteiger partial charge < -0.3 is 16.4 Å². The number of likely N-dealkylation sites (N-methyl/N-ethyl adjacent to an activating group) is 1. The molecule has 3 unspecified atom stereocenters. The molecule has 3 amide bonds. The predicted molar refractivity (Wildman–Crippen MR) is 165 cm³/mol. The van der Waals surface area contributed by atoms with E-state index in [0.717, 1.165) is 12.1 Å². The van der Waals surface area contributed by atoms with E-state index in [1.165, 1.54) is 42.2 Å². The fourth-order valence-corrected chi connectivity index (χ4v) is 5.12. The fourth-order valence-electron chi connectivity index (χ4n) is 5.12. The molecule has 4 rings (SSSR count). The molecule has 1 heterocycles. The van der Waals surface area contributed by atoms with Gasteiger partial charge in [-0.15, -0.1) is 0 Å². The summed E-state index contributed by atoms with van der Waals surface area (Å²) in [6.07, 6.45) is -4.71. The minimum Gasteiger partial charge on any atom is -0.400 e. The molecule has 8 nitrogen and oxygen atoms in total. The van der Waals surface area contributed by atoms with Crippen LogP contribution in [-0.4, -0.2) is 47.1 Å². The van der Waals surface area contributed by atoms with Crippen molar-refractivity contribution in [2.24, 2.45) is 10.7 Å². The third-order valence-corrected chi connectivity index (χ3v) is 7.31. The Morgan fingerprint density at radius 2 is 1.72 bits per heavy atom. The topological polar surface area (TPSA) is 117 Å². The molecule has 0 bridgehead atoms. The smallest absolute Gasteiger partial charge is 0.400 e. The zero-order valence-electron chi connectivity index (χ0n) is 25.2. The van der Waals surface area contributed by atoms with Crippen LogP contribution in [0.15, 0.2) is 95.1 Å². The third kappa shape index (κ3) is 7.43. The summed E-state index contributed by atoms with van der Waals surface area (Å²) in [4.78, 5) is 46.2. The van der Waals surface area contributed by atoms with Crippen LogP contribution in [0.3, 0.4) is 0 Å². The van der Waals surface area contributed by atoms with Gasteiger partial charge in [0.2, 0.25) is 0 Å². The zero-order chi connectivity index (χ0) is 33.6. The van der Waals surface area contributed by atoms with Crippen LogP contribution in [0.4, 0.5) is 23.2 Å². The first kappa shape index (κ1) is 33.5. The Morgan fingerprint density at radius 3 is 2.33 bits per heavy atom. The number of likely N-dealkylation sites (tertiary alicyclic amines) is 1. The highest BCUT2D eigenvalue weighted by Gasteiger charge is 2.46. The molecule has 0 aliphatic carbocycles. The van der Waals surface area contributed by atoms with Crippen molar-refractivity contribution >= 4 is 29.2 Å². The second-order valence-electron chi connectivity index (χ2n) is 10.4. The molecule has 12 heteroatoms. The van der Waals surface area contributed by atoms with Crippen molar-refractivity contribution in [3.05, 3.63) is 113 Å². The van der Waals surface area contributed by atoms with E-state index in [0.29, 0.717) is 17.3 Å². The maximum absolute atomic E-state index is 14.2. The molecule has 3 aromatic carbocycles. The van der Waals surface area contributed by atoms with Crippen LogP contribution < -0.4 is 16.4 Å². The van der Waals surface area contributed by atoms with E-state index in [2.05, 4.69) is 22.5 Å². The fraction of sp³-hybridized carbons (Fsp3) is 0.235. The maximum atomic E-state index is 14.2. The predicted octanol–water partition coefficient (Wildman–Crippen LogP) is 5.06. The number of halogens is 4. The molecule has 4 N–H and O–H groups in total. The third-order valence-electron chi connectivity index (χ3n) is 7.31. The van der Waals surface area contributed by atoms with Crippen LogP contribution in [0, 0.1) is 17.7 Å². The number of rotatable bonds is 7. The highest BCUT2D eigenvalue weighted by molar-refractivity contribution is 6.16. The Morgan fingerprint density at radius 1 is 1.04 bits per heavy atom. The van der Waals surface area contributed by atoms with Gasteiger partial charge in [0.15, 0.2) is 0 Å². The quantitative estimate of drug-likeness (QED) is 0.249. The number of benzene rings is 3. The van der Waals surface area contributed by atoms with Crippen molar-refractivity contribution < 1.29 is 31.9 Å². The Labute approximate surface area is 263 Å². The van der Waals surface area contributed by atoms with E-state index in [1.54, 1.807) is 44.2 Å². The Bertz CT molecular complexity index is 1740. The summed E-state index contributed by atoms with van der Waals surface area (Å²) in [6.45, 7) is 4.83. The van der Waals surface area contributed by atoms with E-state index in [4.69, 9.17) is 10.7 Å². The average molecular weight is 634 g/mol. The van der Waals surface area contributed by atoms with Gasteiger partial charge in [-0.1, -0.05) is 42.3 Å². The Balaban J connectivity index is 1.95. The minimum absolute atomic E-state index is 0.0649. The van der Waals surface area contributed by atoms with Crippen molar-refractivity contribution in [2.45, 2.75) is 44.9 Å². The van der Waals surface area contributed by atoms with Crippen molar-refractivity contribution in [3.63, 3.8) is 0 Å². The van der Waals surface area contributed by atoms with Crippen LogP contribution in [0.1, 0.15) is 48.2 Å². The first-order chi connectivity index (χ1) is 21.8. The number of nitrogens with two attached hydrogens (primary N) is 1. The number of nitrogens with one attached hydrogen (secondary N) is 2. The molecular formula is C34H31F4N5O3. The molecule has 238 valence electrons. The first-order valence-electron chi connectivity index (χ1n) is 14.3. The number of carbonyl (C=O) groups is 3. The number of carbonyl (C=O) groups excluding carboxylic acids is 3. The highest BCUT2D eigenvalue weighted by atomic mass is 19.4. The summed E-state index contributed by atoms with van der Waals surface area (Å²) in [5.41, 5.74) is 6.52. The van der Waals surface area contributed by atoms with E-state index in [-0.39, 0.29) is 29.2 Å². The number of hydrogen-bond acceptors (Lipinski definition) is 5. The van der Waals surface area contributed by atoms with Gasteiger partial charge in [0.1, 0.15) is 17.7 Å². The van der Waals surface area contributed by atoms with Crippen molar-refractivity contribution in [2.75, 3.05) is 6.54 Å². The number of aliphatic imine (C=N–C) groups is 1. The van der Waals surface area contributed by atoms with Crippen molar-refractivity contribution in [1.29, 1.82) is 0 Å². The number of piperidine rings is 1. The van der Waals surface area contributed by atoms with Crippen LogP contribution in [0.2, 0.25) is 0 Å². The van der Waals surface area contributed by atoms with Crippen LogP contribution in [-0.2, 0) is 15.8 Å². The molecule has 1 fully saturated rings. The van der Waals surface area contributed by atoms with Gasteiger partial charge in [0.25, 0.3) is 17.7 Å². The van der Waals surface area contributed by atoms with E-state index in [9.17, 15) is 31.9 Å². The molecular weight excluding hydrogens is 602 g/mol. The van der Waals surface area contributed by atoms with Gasteiger partial charge in [-0.3, -0.25) is 19.3 Å². The van der Waals surface area contributed by atoms with Gasteiger partial charge in [0.05, 0.1) is 17.3 Å². The minimum atomic E-state index is -4.71. The zero-order valence-corrected chi connectivity index (χ0v) is 25.2. The normalized spacial score (nSPS) is 19.2. The molecule has 0 saturated carbocycles. The molecule has 1 aliphatic heterocycles. The second kappa shape index (κ2) is 14.1. The maximum Gasteiger partial charge on any atom is 0.416 e. The molecule has 3 aromatic rings. The summed E-state index contributed by atoms with van der Waals surface area (Å²) < 4.78 is 54.5. The largest absolute Gasteiger partial charge is 0.416 e. The monoisotopic (exact) mass is 633 g/mol. The van der Waals surface area contributed by atoms with Crippen molar-refractivity contribution in [1.82, 2.24) is 15.5 Å². The molecule has 0 spiro atoms. The lowest BCUT2D eigenvalue weighted by molar-refractivity contribution is -0.137. The molecule has 1 aliphatic rings. The van der Waals surface area contributed by atoms with Gasteiger partial charge >= 0.3 is 6.18 Å². The van der Waals surface area contributed by atoms with Gasteiger partial charge in [0, 0.05) is 29.3 Å². The number of amides is 3. The summed E-state index contributed by atoms with van der Waals surface area (Å²) in [5.74, 6) is 1.13. The molecule has 0 aromatic heterocycles. The Kier molecular flexibility index (Phi) is 10.3. The highest BCUT2D eigenvalue weighted by Crippen LogP contribution is 2.38. The lowest BCUT2D eigenvalue weighted by Gasteiger charge is -2.42. The molecule has 1 saturated heterocycles. The summed E-state index contributed by atoms with van der Waals surface area (Å²) >= 11 is 0. The number of nitrogens with zero attached hydrogens (tertiary/aromatic N) is 2. The molecule has 46 heavy (non-hydrogen) atoms. The van der Waals surface area contributed by atoms with Gasteiger partial charge in [-0.25, -0.2) is 9.38 Å². The number of para-hydroxylation sites is 1. The lowest BCUT2D eigenvalue weighted by atomic mass is 9.78. The summed E-state index contributed by atoms with van der Waals surface area (Å²) in [5, 5.41) is 5.30. The van der Waals surface area contributed by atoms with E-state index in [1.807, 2.05) is 0 Å². The first-order valence-corrected chi connectivity index (χ1v) is 14.3. The van der Waals surface area contributed by atoms with Crippen LogP contribution in [0.25, 0.3) is 0 Å². The Hall–Kier alpha value is -5.44. The second-order valence-corrected chi connectivity index (χ2v) is 10.4. The van der Waals surface area contributed by atoms with E-state index >= 15 is 0 Å². The molecule has 0 radical (unpaired) electrons. The van der Waals surface area contributed by atoms with Crippen molar-refractivity contribution in [3.8, 4) is 11.8 Å². The van der Waals surface area contributed by atoms with Crippen LogP contribution >= 0.6 is 0 Å². The molecule has 3 atom stereocenters. The van der Waals surface area contributed by atoms with Crippen LogP contribution in [0.5, 0.6) is 0 Å². The average Bonchev–Trinajstić information content (AvgIpc) is 3.02. The standard InChI is InChI=1S/C34H31F4N5O3/c1-4-10-26(44)40-20(3)29(39)28-27(21-15-17-24(35)18-16-21)30(42-32(45)22-11-9-12-23(19-22)34(36,37)38)33(46)43(5-2)31(28)41-25-13-7-6-8-14-25/h6-9,11-20,27,30H,5,39H2,1-3H3,(H,40,44)(H,42,45)/b29-28-,41-31?. The van der Waals surface area contributed by atoms with E-state index < -0.39 is 53.3 Å². The summed E-state index contributed by atoms with van der Waals surface area (Å²) in [6, 6.07) is 15.4. The summed E-state index contributed by atoms with van der Waals surface area (Å²) in [7, 11) is 0.